The van der Waals surface area contributed by atoms with Gasteiger partial charge in [0.2, 0.25) is 17.7 Å². The molecule has 326 valence electrons. The number of nitrogens with one attached hydrogen (secondary N) is 4. The molecular weight excluding hydrogens is 824 g/mol. The maximum Gasteiger partial charge on any atom is 0.250 e. The van der Waals surface area contributed by atoms with Gasteiger partial charge in [-0.05, 0) is 120 Å². The van der Waals surface area contributed by atoms with E-state index in [0.29, 0.717) is 103 Å². The molecule has 1 aromatic carbocycles. The lowest BCUT2D eigenvalue weighted by Crippen LogP contribution is -2.31. The summed E-state index contributed by atoms with van der Waals surface area (Å²) in [6, 6.07) is 3.68. The molecule has 0 bridgehead atoms. The molecule has 1 aromatic heterocycles. The molecule has 2 aromatic rings. The second-order valence-electron chi connectivity index (χ2n) is 15.7. The number of nitrogens with two attached hydrogens (primary N) is 1. The van der Waals surface area contributed by atoms with Crippen LogP contribution in [0.5, 0.6) is 0 Å². The fraction of sp³-hybridized carbons (Fsp3) is 0.721. The van der Waals surface area contributed by atoms with E-state index in [9.17, 15) is 19.2 Å². The van der Waals surface area contributed by atoms with E-state index >= 15 is 0 Å². The van der Waals surface area contributed by atoms with E-state index in [1.165, 1.54) is 36.3 Å². The number of halogens is 1. The van der Waals surface area contributed by atoms with Gasteiger partial charge in [-0.2, -0.15) is 11.8 Å². The fourth-order valence-corrected chi connectivity index (χ4v) is 9.65. The van der Waals surface area contributed by atoms with Crippen LogP contribution in [0.1, 0.15) is 112 Å². The van der Waals surface area contributed by atoms with Crippen molar-refractivity contribution in [1.29, 1.82) is 0 Å². The summed E-state index contributed by atoms with van der Waals surface area (Å²) in [7, 11) is 2.15. The number of ether oxygens (including phenoxy) is 3. The molecule has 2 heterocycles. The highest BCUT2D eigenvalue weighted by Crippen LogP contribution is 2.37. The molecule has 2 aliphatic rings. The lowest BCUT2D eigenvalue weighted by Gasteiger charge is -2.27. The van der Waals surface area contributed by atoms with Crippen molar-refractivity contribution < 1.29 is 33.4 Å². The summed E-state index contributed by atoms with van der Waals surface area (Å²) in [5.74, 6) is 1.49. The topological polar surface area (TPSA) is 177 Å². The Morgan fingerprint density at radius 3 is 2.05 bits per heavy atom. The van der Waals surface area contributed by atoms with Crippen LogP contribution in [0.3, 0.4) is 0 Å². The number of nitrogens with zero attached hydrogens (tertiary/aromatic N) is 1. The number of primary amides is 1. The molecule has 13 nitrogen and oxygen atoms in total. The largest absolute Gasteiger partial charge is 0.379 e. The van der Waals surface area contributed by atoms with Crippen LogP contribution in [-0.2, 0) is 41.4 Å². The average Bonchev–Trinajstić information content (AvgIpc) is 3.86. The maximum atomic E-state index is 12.3. The van der Waals surface area contributed by atoms with E-state index in [1.54, 1.807) is 6.07 Å². The van der Waals surface area contributed by atoms with Gasteiger partial charge in [-0.3, -0.25) is 19.2 Å². The Labute approximate surface area is 358 Å². The van der Waals surface area contributed by atoms with Crippen molar-refractivity contribution in [2.24, 2.45) is 11.7 Å². The fourth-order valence-electron chi connectivity index (χ4n) is 7.75. The van der Waals surface area contributed by atoms with Crippen LogP contribution >= 0.6 is 27.7 Å². The molecule has 1 fully saturated rings. The van der Waals surface area contributed by atoms with E-state index in [1.807, 2.05) is 6.07 Å². The first-order valence-electron chi connectivity index (χ1n) is 21.7. The molecule has 1 unspecified atom stereocenters. The van der Waals surface area contributed by atoms with Crippen molar-refractivity contribution in [2.45, 2.75) is 108 Å². The SMILES string of the molecule is CN(CCCCNC(=O)CCCC(=O)NCCCOCCOCCOCCCNC(=O)CCCC[C@H]1CCCS1)CC1CCc2c([nH]c3c(C(N)=O)ccc(Br)c23)C1. The normalized spacial score (nSPS) is 16.5. The van der Waals surface area contributed by atoms with Crippen molar-refractivity contribution in [3.05, 3.63) is 33.4 Å². The summed E-state index contributed by atoms with van der Waals surface area (Å²) in [4.78, 5) is 54.2. The van der Waals surface area contributed by atoms with Crippen molar-refractivity contribution in [1.82, 2.24) is 25.8 Å². The predicted molar refractivity (Wildman–Crippen MR) is 235 cm³/mol. The molecule has 4 amide bonds. The minimum Gasteiger partial charge on any atom is -0.379 e. The van der Waals surface area contributed by atoms with Crippen molar-refractivity contribution in [2.75, 3.05) is 85.2 Å². The van der Waals surface area contributed by atoms with E-state index in [0.717, 1.165) is 85.1 Å². The van der Waals surface area contributed by atoms with Gasteiger partial charge in [0.15, 0.2) is 0 Å². The zero-order chi connectivity index (χ0) is 41.4. The molecule has 0 saturated carbocycles. The first kappa shape index (κ1) is 48.0. The molecule has 58 heavy (non-hydrogen) atoms. The minimum atomic E-state index is -0.418. The number of carbonyl (C=O) groups excluding carboxylic acids is 4. The summed E-state index contributed by atoms with van der Waals surface area (Å²) in [5, 5.41) is 10.8. The zero-order valence-electron chi connectivity index (χ0n) is 34.8. The van der Waals surface area contributed by atoms with E-state index in [2.05, 4.69) is 60.6 Å². The smallest absolute Gasteiger partial charge is 0.250 e. The number of aromatic amines is 1. The summed E-state index contributed by atoms with van der Waals surface area (Å²) in [6.07, 6.45) is 14.3. The monoisotopic (exact) mass is 892 g/mol. The van der Waals surface area contributed by atoms with Gasteiger partial charge in [0, 0.05) is 79.5 Å². The van der Waals surface area contributed by atoms with E-state index < -0.39 is 5.91 Å². The van der Waals surface area contributed by atoms with Crippen LogP contribution in [0, 0.1) is 5.92 Å². The van der Waals surface area contributed by atoms with Gasteiger partial charge >= 0.3 is 0 Å². The van der Waals surface area contributed by atoms with Crippen LogP contribution in [0.15, 0.2) is 16.6 Å². The lowest BCUT2D eigenvalue weighted by atomic mass is 9.86. The molecule has 1 aliphatic carbocycles. The van der Waals surface area contributed by atoms with Gasteiger partial charge in [-0.15, -0.1) is 0 Å². The number of carbonyl (C=O) groups is 4. The number of unbranched alkanes of at least 4 members (excludes halogenated alkanes) is 2. The number of fused-ring (bicyclic) bond motifs is 3. The third kappa shape index (κ3) is 18.3. The Balaban J connectivity index is 0.867. The lowest BCUT2D eigenvalue weighted by molar-refractivity contribution is -0.123. The second kappa shape index (κ2) is 28.0. The average molecular weight is 894 g/mol. The third-order valence-electron chi connectivity index (χ3n) is 10.8. The molecule has 6 N–H and O–H groups in total. The Morgan fingerprint density at radius 1 is 0.810 bits per heavy atom. The van der Waals surface area contributed by atoms with Gasteiger partial charge in [-0.25, -0.2) is 0 Å². The summed E-state index contributed by atoms with van der Waals surface area (Å²) < 4.78 is 17.7. The molecule has 0 spiro atoms. The molecule has 1 aliphatic heterocycles. The van der Waals surface area contributed by atoms with Crippen molar-refractivity contribution in [3.63, 3.8) is 0 Å². The van der Waals surface area contributed by atoms with Crippen molar-refractivity contribution >= 4 is 62.2 Å². The molecule has 15 heteroatoms. The highest BCUT2D eigenvalue weighted by molar-refractivity contribution is 9.10. The number of aromatic nitrogens is 1. The van der Waals surface area contributed by atoms with Crippen molar-refractivity contribution in [3.8, 4) is 0 Å². The Morgan fingerprint density at radius 2 is 1.43 bits per heavy atom. The molecule has 4 rings (SSSR count). The Bertz CT molecular complexity index is 1550. The number of hydrogen-bond donors (Lipinski definition) is 5. The summed E-state index contributed by atoms with van der Waals surface area (Å²) in [6.45, 7) is 6.89. The van der Waals surface area contributed by atoms with Crippen LogP contribution in [0.25, 0.3) is 10.9 Å². The van der Waals surface area contributed by atoms with Crippen LogP contribution in [0.2, 0.25) is 0 Å². The first-order chi connectivity index (χ1) is 28.2. The van der Waals surface area contributed by atoms with Gasteiger partial charge in [0.05, 0.1) is 37.5 Å². The van der Waals surface area contributed by atoms with Gasteiger partial charge < -0.3 is 45.8 Å². The van der Waals surface area contributed by atoms with Crippen LogP contribution in [0.4, 0.5) is 0 Å². The number of benzene rings is 1. The summed E-state index contributed by atoms with van der Waals surface area (Å²) in [5.41, 5.74) is 9.49. The van der Waals surface area contributed by atoms with Gasteiger partial charge in [0.1, 0.15) is 0 Å². The Kier molecular flexibility index (Phi) is 23.1. The number of hydrogen-bond acceptors (Lipinski definition) is 9. The summed E-state index contributed by atoms with van der Waals surface area (Å²) >= 11 is 5.75. The van der Waals surface area contributed by atoms with E-state index in [-0.39, 0.29) is 17.7 Å². The maximum absolute atomic E-state index is 12.3. The van der Waals surface area contributed by atoms with E-state index in [4.69, 9.17) is 19.9 Å². The molecule has 1 saturated heterocycles. The number of H-pyrrole nitrogens is 1. The first-order valence-corrected chi connectivity index (χ1v) is 23.5. The minimum absolute atomic E-state index is 0.0131. The van der Waals surface area contributed by atoms with Gasteiger partial charge in [-0.1, -0.05) is 22.4 Å². The number of rotatable bonds is 31. The zero-order valence-corrected chi connectivity index (χ0v) is 37.2. The number of thioether (sulfide) groups is 1. The standard InChI is InChI=1S/C43H69BrN6O7S/c1-50(31-32-15-16-34-37(30-32)49-42-35(43(45)54)17-18-36(44)41(34)42)22-5-4-19-46-39(52)13-6-14-40(53)48-21-9-24-56-26-28-57-27-25-55-23-8-20-47-38(51)12-3-2-10-33-11-7-29-58-33/h17-18,32-33,49H,2-16,19-31H2,1H3,(H2,45,54)(H,46,52)(H,47,51)(H,48,53)/t32?,33-/m0/s1. The highest BCUT2D eigenvalue weighted by atomic mass is 79.9. The third-order valence-corrected chi connectivity index (χ3v) is 13.0. The molecule has 2 atom stereocenters. The quantitative estimate of drug-likeness (QED) is 0.0599. The predicted octanol–water partition coefficient (Wildman–Crippen LogP) is 5.65. The number of amides is 4. The molecular formula is C43H69BrN6O7S. The molecule has 0 radical (unpaired) electrons. The van der Waals surface area contributed by atoms with Crippen LogP contribution in [-0.4, -0.2) is 124 Å². The second-order valence-corrected chi connectivity index (χ2v) is 18.0. The highest BCUT2D eigenvalue weighted by Gasteiger charge is 2.26. The van der Waals surface area contributed by atoms with Crippen LogP contribution < -0.4 is 21.7 Å². The van der Waals surface area contributed by atoms with Gasteiger partial charge in [0.25, 0.3) is 5.91 Å². The Hall–Kier alpha value is -2.69. The number of aryl methyl sites for hydroxylation is 1.